The monoisotopic (exact) mass is 418 g/mol. The number of ether oxygens (including phenoxy) is 1. The lowest BCUT2D eigenvalue weighted by Crippen LogP contribution is -1.97. The minimum absolute atomic E-state index is 0.243. The van der Waals surface area contributed by atoms with E-state index < -0.39 is 9.84 Å². The van der Waals surface area contributed by atoms with Crippen LogP contribution in [-0.2, 0) is 15.2 Å². The van der Waals surface area contributed by atoms with Crippen molar-refractivity contribution in [1.29, 1.82) is 0 Å². The number of rotatable bonds is 4. The van der Waals surface area contributed by atoms with Gasteiger partial charge in [-0.25, -0.2) is 8.42 Å². The molecule has 20 heavy (non-hydrogen) atoms. The molecule has 6 heteroatoms. The summed E-state index contributed by atoms with van der Waals surface area (Å²) in [6.07, 6.45) is 1.18. The van der Waals surface area contributed by atoms with E-state index in [-0.39, 0.29) is 4.90 Å². The van der Waals surface area contributed by atoms with Crippen molar-refractivity contribution in [3.05, 3.63) is 52.5 Å². The number of hydrogen-bond donors (Lipinski definition) is 0. The fraction of sp³-hybridized carbons (Fsp3) is 0.143. The van der Waals surface area contributed by atoms with E-state index >= 15 is 0 Å². The zero-order valence-corrected chi connectivity index (χ0v) is 14.6. The van der Waals surface area contributed by atoms with Crippen molar-refractivity contribution in [3.63, 3.8) is 0 Å². The van der Waals surface area contributed by atoms with Gasteiger partial charge in [0.05, 0.1) is 4.90 Å². The minimum atomic E-state index is -3.24. The van der Waals surface area contributed by atoms with Gasteiger partial charge in [-0.05, 0) is 36.4 Å². The van der Waals surface area contributed by atoms with Crippen molar-refractivity contribution in [2.75, 3.05) is 6.26 Å². The first-order chi connectivity index (χ1) is 9.40. The Morgan fingerprint density at radius 1 is 1.15 bits per heavy atom. The van der Waals surface area contributed by atoms with Crippen LogP contribution in [0.1, 0.15) is 5.56 Å². The van der Waals surface area contributed by atoms with Crippen molar-refractivity contribution < 1.29 is 13.2 Å². The Balaban J connectivity index is 2.36. The molecular formula is C14H12Br2O3S. The lowest BCUT2D eigenvalue weighted by Gasteiger charge is -2.11. The van der Waals surface area contributed by atoms with Crippen molar-refractivity contribution in [1.82, 2.24) is 0 Å². The molecule has 106 valence electrons. The Hall–Kier alpha value is -0.850. The van der Waals surface area contributed by atoms with E-state index in [0.717, 1.165) is 10.0 Å². The van der Waals surface area contributed by atoms with Gasteiger partial charge in [0, 0.05) is 21.6 Å². The molecule has 0 aliphatic rings. The fourth-order valence-electron chi connectivity index (χ4n) is 1.65. The van der Waals surface area contributed by atoms with Gasteiger partial charge in [-0.15, -0.1) is 0 Å². The maximum absolute atomic E-state index is 11.5. The lowest BCUT2D eigenvalue weighted by atomic mass is 10.2. The predicted molar refractivity (Wildman–Crippen MR) is 86.4 cm³/mol. The Labute approximate surface area is 135 Å². The first-order valence-electron chi connectivity index (χ1n) is 5.72. The molecule has 0 bridgehead atoms. The van der Waals surface area contributed by atoms with Crippen LogP contribution < -0.4 is 4.74 Å². The smallest absolute Gasteiger partial charge is 0.175 e. The summed E-state index contributed by atoms with van der Waals surface area (Å²) in [7, 11) is -3.24. The molecule has 0 atom stereocenters. The highest BCUT2D eigenvalue weighted by Gasteiger charge is 2.10. The molecule has 0 saturated carbocycles. The molecule has 3 nitrogen and oxygen atoms in total. The highest BCUT2D eigenvalue weighted by Crippen LogP contribution is 2.30. The molecular weight excluding hydrogens is 408 g/mol. The number of alkyl halides is 1. The molecule has 0 heterocycles. The van der Waals surface area contributed by atoms with Gasteiger partial charge < -0.3 is 4.74 Å². The molecule has 0 aromatic heterocycles. The van der Waals surface area contributed by atoms with Crippen LogP contribution in [0.5, 0.6) is 11.5 Å². The van der Waals surface area contributed by atoms with Gasteiger partial charge in [0.15, 0.2) is 9.84 Å². The minimum Gasteiger partial charge on any atom is -0.457 e. The summed E-state index contributed by atoms with van der Waals surface area (Å²) in [5, 5.41) is 0.646. The summed E-state index contributed by atoms with van der Waals surface area (Å²) in [6.45, 7) is 0. The van der Waals surface area contributed by atoms with Crippen LogP contribution >= 0.6 is 31.9 Å². The zero-order chi connectivity index (χ0) is 14.8. The molecule has 0 N–H and O–H groups in total. The molecule has 2 aromatic rings. The van der Waals surface area contributed by atoms with Gasteiger partial charge in [0.1, 0.15) is 11.5 Å². The third-order valence-electron chi connectivity index (χ3n) is 2.63. The summed E-state index contributed by atoms with van der Waals surface area (Å²) in [5.41, 5.74) is 0.976. The Morgan fingerprint density at radius 3 is 2.55 bits per heavy atom. The molecule has 0 amide bonds. The molecule has 0 spiro atoms. The summed E-state index contributed by atoms with van der Waals surface area (Å²) in [4.78, 5) is 0.243. The average Bonchev–Trinajstić information content (AvgIpc) is 2.40. The molecule has 2 aromatic carbocycles. The SMILES string of the molecule is CS(=O)(=O)c1cccc(Oc2ccc(Br)cc2CBr)c1. The highest BCUT2D eigenvalue weighted by molar-refractivity contribution is 9.10. The Bertz CT molecular complexity index is 727. The van der Waals surface area contributed by atoms with Crippen molar-refractivity contribution >= 4 is 41.7 Å². The summed E-state index contributed by atoms with van der Waals surface area (Å²) in [6, 6.07) is 12.1. The first-order valence-corrected chi connectivity index (χ1v) is 9.53. The Morgan fingerprint density at radius 2 is 1.90 bits per heavy atom. The maximum Gasteiger partial charge on any atom is 0.175 e. The van der Waals surface area contributed by atoms with E-state index in [9.17, 15) is 8.42 Å². The number of sulfone groups is 1. The summed E-state index contributed by atoms with van der Waals surface area (Å²) in [5.74, 6) is 1.19. The van der Waals surface area contributed by atoms with Crippen LogP contribution in [0.25, 0.3) is 0 Å². The molecule has 0 aliphatic carbocycles. The van der Waals surface area contributed by atoms with E-state index in [1.165, 1.54) is 12.3 Å². The fourth-order valence-corrected chi connectivity index (χ4v) is 3.15. The van der Waals surface area contributed by atoms with Crippen LogP contribution in [0.4, 0.5) is 0 Å². The molecule has 0 fully saturated rings. The van der Waals surface area contributed by atoms with Crippen LogP contribution in [-0.4, -0.2) is 14.7 Å². The highest BCUT2D eigenvalue weighted by atomic mass is 79.9. The van der Waals surface area contributed by atoms with Crippen molar-refractivity contribution in [3.8, 4) is 11.5 Å². The van der Waals surface area contributed by atoms with E-state index in [2.05, 4.69) is 31.9 Å². The van der Waals surface area contributed by atoms with Crippen LogP contribution in [0.15, 0.2) is 51.8 Å². The van der Waals surface area contributed by atoms with E-state index in [1.807, 2.05) is 18.2 Å². The van der Waals surface area contributed by atoms with Crippen LogP contribution in [0, 0.1) is 0 Å². The Kier molecular flexibility index (Phi) is 4.88. The lowest BCUT2D eigenvalue weighted by molar-refractivity contribution is 0.476. The first kappa shape index (κ1) is 15.5. The molecule has 0 radical (unpaired) electrons. The van der Waals surface area contributed by atoms with Gasteiger partial charge in [-0.1, -0.05) is 37.9 Å². The molecule has 0 aliphatic heterocycles. The maximum atomic E-state index is 11.5. The van der Waals surface area contributed by atoms with Gasteiger partial charge in [0.25, 0.3) is 0 Å². The van der Waals surface area contributed by atoms with E-state index in [1.54, 1.807) is 18.2 Å². The third kappa shape index (κ3) is 3.84. The molecule has 0 unspecified atom stereocenters. The zero-order valence-electron chi connectivity index (χ0n) is 10.6. The predicted octanol–water partition coefficient (Wildman–Crippen LogP) is 4.54. The van der Waals surface area contributed by atoms with Crippen LogP contribution in [0.3, 0.4) is 0 Å². The van der Waals surface area contributed by atoms with Crippen molar-refractivity contribution in [2.45, 2.75) is 10.2 Å². The van der Waals surface area contributed by atoms with Gasteiger partial charge >= 0.3 is 0 Å². The average molecular weight is 420 g/mol. The van der Waals surface area contributed by atoms with E-state index in [4.69, 9.17) is 4.74 Å². The van der Waals surface area contributed by atoms with E-state index in [0.29, 0.717) is 16.8 Å². The van der Waals surface area contributed by atoms with Gasteiger partial charge in [-0.3, -0.25) is 0 Å². The van der Waals surface area contributed by atoms with Crippen LogP contribution in [0.2, 0.25) is 0 Å². The van der Waals surface area contributed by atoms with Crippen molar-refractivity contribution in [2.24, 2.45) is 0 Å². The number of hydrogen-bond acceptors (Lipinski definition) is 3. The number of benzene rings is 2. The molecule has 0 saturated heterocycles. The third-order valence-corrected chi connectivity index (χ3v) is 4.84. The topological polar surface area (TPSA) is 43.4 Å². The standard InChI is InChI=1S/C14H12Br2O3S/c1-20(17,18)13-4-2-3-12(8-13)19-14-6-5-11(16)7-10(14)9-15/h2-8H,9H2,1H3. The number of halogens is 2. The quantitative estimate of drug-likeness (QED) is 0.683. The second kappa shape index (κ2) is 6.28. The van der Waals surface area contributed by atoms with Gasteiger partial charge in [0.2, 0.25) is 0 Å². The normalized spacial score (nSPS) is 11.3. The summed E-state index contributed by atoms with van der Waals surface area (Å²) < 4.78 is 29.8. The largest absolute Gasteiger partial charge is 0.457 e. The van der Waals surface area contributed by atoms with Gasteiger partial charge in [-0.2, -0.15) is 0 Å². The molecule has 2 rings (SSSR count). The summed E-state index contributed by atoms with van der Waals surface area (Å²) >= 11 is 6.81. The second-order valence-corrected chi connectivity index (χ2v) is 7.73. The second-order valence-electron chi connectivity index (χ2n) is 4.23.